The van der Waals surface area contributed by atoms with Crippen LogP contribution in [0.2, 0.25) is 0 Å². The van der Waals surface area contributed by atoms with E-state index in [9.17, 15) is 0 Å². The molecule has 0 aliphatic heterocycles. The molecule has 56 valence electrons. The number of hydrogen-bond acceptors (Lipinski definition) is 1. The number of hydrogen-bond donors (Lipinski definition) is 1. The van der Waals surface area contributed by atoms with Gasteiger partial charge in [-0.2, -0.15) is 0 Å². The predicted molar refractivity (Wildman–Crippen MR) is 46.6 cm³/mol. The SMILES string of the molecule is C/C=C(C)/C(C)=C/C(C)=N. The summed E-state index contributed by atoms with van der Waals surface area (Å²) in [4.78, 5) is 0. The van der Waals surface area contributed by atoms with Crippen molar-refractivity contribution in [3.63, 3.8) is 0 Å². The zero-order valence-electron chi connectivity index (χ0n) is 7.15. The molecule has 0 heterocycles. The van der Waals surface area contributed by atoms with Crippen molar-refractivity contribution in [2.45, 2.75) is 27.7 Å². The molecule has 0 saturated heterocycles. The molecule has 0 bridgehead atoms. The van der Waals surface area contributed by atoms with Gasteiger partial charge in [-0.3, -0.25) is 0 Å². The molecule has 0 spiro atoms. The quantitative estimate of drug-likeness (QED) is 0.447. The first kappa shape index (κ1) is 9.15. The fourth-order valence-electron chi connectivity index (χ4n) is 0.666. The molecule has 0 aromatic rings. The summed E-state index contributed by atoms with van der Waals surface area (Å²) in [6.45, 7) is 7.86. The monoisotopic (exact) mass is 137 g/mol. The van der Waals surface area contributed by atoms with Crippen LogP contribution in [0.15, 0.2) is 23.3 Å². The maximum atomic E-state index is 7.19. The van der Waals surface area contributed by atoms with Crippen LogP contribution in [0.4, 0.5) is 0 Å². The highest BCUT2D eigenvalue weighted by atomic mass is 14.4. The third kappa shape index (κ3) is 3.23. The van der Waals surface area contributed by atoms with Crippen LogP contribution in [0.25, 0.3) is 0 Å². The Morgan fingerprint density at radius 2 is 1.60 bits per heavy atom. The van der Waals surface area contributed by atoms with Crippen LogP contribution < -0.4 is 0 Å². The van der Waals surface area contributed by atoms with Gasteiger partial charge in [-0.15, -0.1) is 0 Å². The number of nitrogens with one attached hydrogen (secondary N) is 1. The van der Waals surface area contributed by atoms with Gasteiger partial charge in [0.2, 0.25) is 0 Å². The molecule has 1 N–H and O–H groups in total. The molecule has 0 rings (SSSR count). The molecule has 10 heavy (non-hydrogen) atoms. The van der Waals surface area contributed by atoms with E-state index in [1.165, 1.54) is 11.1 Å². The minimum Gasteiger partial charge on any atom is -0.306 e. The second-order valence-electron chi connectivity index (χ2n) is 2.48. The van der Waals surface area contributed by atoms with Gasteiger partial charge < -0.3 is 5.41 Å². The molecule has 0 radical (unpaired) electrons. The standard InChI is InChI=1S/C9H15N/c1-5-7(2)8(3)6-9(4)10/h5-6,10H,1-4H3/b7-5+,8-6+,10-9?. The van der Waals surface area contributed by atoms with E-state index in [0.717, 1.165) is 0 Å². The van der Waals surface area contributed by atoms with Crippen molar-refractivity contribution >= 4 is 5.71 Å². The van der Waals surface area contributed by atoms with E-state index < -0.39 is 0 Å². The van der Waals surface area contributed by atoms with E-state index in [0.29, 0.717) is 5.71 Å². The minimum absolute atomic E-state index is 0.610. The topological polar surface area (TPSA) is 23.9 Å². The lowest BCUT2D eigenvalue weighted by Gasteiger charge is -1.98. The van der Waals surface area contributed by atoms with Gasteiger partial charge in [0, 0.05) is 5.71 Å². The lowest BCUT2D eigenvalue weighted by molar-refractivity contribution is 1.32. The van der Waals surface area contributed by atoms with Crippen molar-refractivity contribution in [3.05, 3.63) is 23.3 Å². The van der Waals surface area contributed by atoms with Crippen LogP contribution in [0, 0.1) is 5.41 Å². The molecular weight excluding hydrogens is 122 g/mol. The summed E-state index contributed by atoms with van der Waals surface area (Å²) in [6.07, 6.45) is 3.92. The predicted octanol–water partition coefficient (Wildman–Crippen LogP) is 2.94. The molecule has 0 amide bonds. The van der Waals surface area contributed by atoms with Crippen LogP contribution in [0.5, 0.6) is 0 Å². The molecule has 1 heteroatoms. The Morgan fingerprint density at radius 1 is 1.10 bits per heavy atom. The first-order chi connectivity index (χ1) is 4.57. The zero-order valence-corrected chi connectivity index (χ0v) is 7.15. The lowest BCUT2D eigenvalue weighted by Crippen LogP contribution is -1.85. The Kier molecular flexibility index (Phi) is 3.70. The van der Waals surface area contributed by atoms with Gasteiger partial charge in [-0.25, -0.2) is 0 Å². The van der Waals surface area contributed by atoms with Crippen molar-refractivity contribution < 1.29 is 0 Å². The van der Waals surface area contributed by atoms with E-state index >= 15 is 0 Å². The van der Waals surface area contributed by atoms with Gasteiger partial charge in [0.15, 0.2) is 0 Å². The van der Waals surface area contributed by atoms with Crippen molar-refractivity contribution in [3.8, 4) is 0 Å². The third-order valence-corrected chi connectivity index (χ3v) is 1.49. The smallest absolute Gasteiger partial charge is 0.0285 e. The molecule has 0 atom stereocenters. The largest absolute Gasteiger partial charge is 0.306 e. The molecule has 0 aromatic heterocycles. The Hall–Kier alpha value is -0.850. The fraction of sp³-hybridized carbons (Fsp3) is 0.444. The van der Waals surface area contributed by atoms with Crippen LogP contribution in [0.1, 0.15) is 27.7 Å². The highest BCUT2D eigenvalue weighted by molar-refractivity contribution is 5.91. The van der Waals surface area contributed by atoms with Gasteiger partial charge in [-0.1, -0.05) is 11.6 Å². The first-order valence-corrected chi connectivity index (χ1v) is 3.44. The van der Waals surface area contributed by atoms with E-state index in [1.807, 2.05) is 19.9 Å². The first-order valence-electron chi connectivity index (χ1n) is 3.44. The molecule has 1 nitrogen and oxygen atoms in total. The summed E-state index contributed by atoms with van der Waals surface area (Å²) in [5.74, 6) is 0. The second kappa shape index (κ2) is 4.04. The minimum atomic E-state index is 0.610. The zero-order chi connectivity index (χ0) is 8.15. The average Bonchev–Trinajstić information content (AvgIpc) is 1.85. The van der Waals surface area contributed by atoms with Gasteiger partial charge in [0.05, 0.1) is 0 Å². The molecule has 0 aromatic carbocycles. The average molecular weight is 137 g/mol. The number of allylic oxidation sites excluding steroid dienone is 4. The summed E-state index contributed by atoms with van der Waals surface area (Å²) >= 11 is 0. The maximum absolute atomic E-state index is 7.19. The summed E-state index contributed by atoms with van der Waals surface area (Å²) in [7, 11) is 0. The van der Waals surface area contributed by atoms with Crippen LogP contribution in [-0.4, -0.2) is 5.71 Å². The molecule has 0 fully saturated rings. The normalized spacial score (nSPS) is 13.6. The third-order valence-electron chi connectivity index (χ3n) is 1.49. The second-order valence-corrected chi connectivity index (χ2v) is 2.48. The van der Waals surface area contributed by atoms with E-state index in [1.54, 1.807) is 6.92 Å². The fourth-order valence-corrected chi connectivity index (χ4v) is 0.666. The van der Waals surface area contributed by atoms with Gasteiger partial charge in [0.25, 0.3) is 0 Å². The van der Waals surface area contributed by atoms with Gasteiger partial charge >= 0.3 is 0 Å². The van der Waals surface area contributed by atoms with Crippen molar-refractivity contribution in [1.82, 2.24) is 0 Å². The number of rotatable bonds is 2. The molecule has 0 aliphatic rings. The highest BCUT2D eigenvalue weighted by Gasteiger charge is 1.89. The molecule has 0 unspecified atom stereocenters. The van der Waals surface area contributed by atoms with Gasteiger partial charge in [0.1, 0.15) is 0 Å². The Bertz CT molecular complexity index is 185. The van der Waals surface area contributed by atoms with E-state index in [4.69, 9.17) is 5.41 Å². The van der Waals surface area contributed by atoms with Crippen LogP contribution in [-0.2, 0) is 0 Å². The summed E-state index contributed by atoms with van der Waals surface area (Å²) in [5, 5.41) is 7.19. The summed E-state index contributed by atoms with van der Waals surface area (Å²) < 4.78 is 0. The molecular formula is C9H15N. The van der Waals surface area contributed by atoms with E-state index in [2.05, 4.69) is 13.0 Å². The molecule has 0 saturated carbocycles. The summed E-state index contributed by atoms with van der Waals surface area (Å²) in [6, 6.07) is 0. The highest BCUT2D eigenvalue weighted by Crippen LogP contribution is 2.06. The summed E-state index contributed by atoms with van der Waals surface area (Å²) in [5.41, 5.74) is 3.03. The van der Waals surface area contributed by atoms with Crippen LogP contribution in [0.3, 0.4) is 0 Å². The van der Waals surface area contributed by atoms with Crippen molar-refractivity contribution in [1.29, 1.82) is 5.41 Å². The van der Waals surface area contributed by atoms with Crippen molar-refractivity contribution in [2.24, 2.45) is 0 Å². The maximum Gasteiger partial charge on any atom is 0.0285 e. The van der Waals surface area contributed by atoms with Crippen LogP contribution >= 0.6 is 0 Å². The Morgan fingerprint density at radius 3 is 1.90 bits per heavy atom. The van der Waals surface area contributed by atoms with Crippen molar-refractivity contribution in [2.75, 3.05) is 0 Å². The van der Waals surface area contributed by atoms with E-state index in [-0.39, 0.29) is 0 Å². The Balaban J connectivity index is 4.35. The Labute approximate surface area is 63.0 Å². The van der Waals surface area contributed by atoms with Gasteiger partial charge in [-0.05, 0) is 39.3 Å². The lowest BCUT2D eigenvalue weighted by atomic mass is 10.1. The molecule has 0 aliphatic carbocycles.